The predicted molar refractivity (Wildman–Crippen MR) is 90.5 cm³/mol. The predicted octanol–water partition coefficient (Wildman–Crippen LogP) is 5.57. The zero-order chi connectivity index (χ0) is 14.7. The van der Waals surface area contributed by atoms with Gasteiger partial charge in [0, 0.05) is 20.1 Å². The molecular weight excluding hydrogens is 380 g/mol. The van der Waals surface area contributed by atoms with Gasteiger partial charge in [-0.3, -0.25) is 4.79 Å². The van der Waals surface area contributed by atoms with E-state index in [1.165, 1.54) is 11.1 Å². The van der Waals surface area contributed by atoms with Gasteiger partial charge < -0.3 is 0 Å². The van der Waals surface area contributed by atoms with Crippen LogP contribution < -0.4 is 0 Å². The lowest BCUT2D eigenvalue weighted by Gasteiger charge is -2.09. The molecule has 0 heterocycles. The number of benzene rings is 2. The number of aryl methyl sites for hydroxylation is 2. The Bertz CT molecular complexity index is 647. The monoisotopic (exact) mass is 394 g/mol. The second kappa shape index (κ2) is 6.68. The molecule has 2 rings (SSSR count). The van der Waals surface area contributed by atoms with Crippen LogP contribution in [0.15, 0.2) is 45.3 Å². The molecule has 0 N–H and O–H groups in total. The fourth-order valence-corrected chi connectivity index (χ4v) is 3.06. The molecule has 2 aromatic rings. The molecule has 0 spiro atoms. The lowest BCUT2D eigenvalue weighted by molar-refractivity contribution is 0.103. The van der Waals surface area contributed by atoms with Crippen molar-refractivity contribution in [1.82, 2.24) is 0 Å². The lowest BCUT2D eigenvalue weighted by atomic mass is 9.96. The number of hydrogen-bond donors (Lipinski definition) is 0. The third-order valence-electron chi connectivity index (χ3n) is 3.40. The lowest BCUT2D eigenvalue weighted by Crippen LogP contribution is -2.04. The van der Waals surface area contributed by atoms with E-state index in [4.69, 9.17) is 0 Å². The summed E-state index contributed by atoms with van der Waals surface area (Å²) < 4.78 is 1.73. The van der Waals surface area contributed by atoms with Gasteiger partial charge in [0.15, 0.2) is 5.78 Å². The van der Waals surface area contributed by atoms with Gasteiger partial charge in [0.1, 0.15) is 0 Å². The minimum Gasteiger partial charge on any atom is -0.289 e. The van der Waals surface area contributed by atoms with Crippen molar-refractivity contribution in [3.63, 3.8) is 0 Å². The molecule has 0 atom stereocenters. The Morgan fingerprint density at radius 1 is 0.950 bits per heavy atom. The third-order valence-corrected chi connectivity index (χ3v) is 4.59. The van der Waals surface area contributed by atoms with Crippen LogP contribution in [-0.2, 0) is 12.8 Å². The van der Waals surface area contributed by atoms with Crippen LogP contribution in [-0.4, -0.2) is 5.78 Å². The molecule has 0 aliphatic carbocycles. The summed E-state index contributed by atoms with van der Waals surface area (Å²) in [5, 5.41) is 0. The van der Waals surface area contributed by atoms with Crippen LogP contribution >= 0.6 is 31.9 Å². The zero-order valence-corrected chi connectivity index (χ0v) is 14.7. The summed E-state index contributed by atoms with van der Waals surface area (Å²) >= 11 is 6.87. The van der Waals surface area contributed by atoms with E-state index >= 15 is 0 Å². The van der Waals surface area contributed by atoms with Gasteiger partial charge in [0.2, 0.25) is 0 Å². The van der Waals surface area contributed by atoms with E-state index in [1.807, 2.05) is 30.3 Å². The summed E-state index contributed by atoms with van der Waals surface area (Å²) in [4.78, 5) is 12.6. The van der Waals surface area contributed by atoms with Crippen molar-refractivity contribution in [2.45, 2.75) is 26.7 Å². The van der Waals surface area contributed by atoms with Gasteiger partial charge in [0.25, 0.3) is 0 Å². The maximum atomic E-state index is 12.6. The number of carbonyl (C=O) groups excluding carboxylic acids is 1. The molecule has 0 aliphatic rings. The maximum absolute atomic E-state index is 12.6. The molecule has 0 unspecified atom stereocenters. The summed E-state index contributed by atoms with van der Waals surface area (Å²) in [7, 11) is 0. The molecular formula is C17H16Br2O. The van der Waals surface area contributed by atoms with Crippen LogP contribution in [0.25, 0.3) is 0 Å². The summed E-state index contributed by atoms with van der Waals surface area (Å²) in [5.41, 5.74) is 4.00. The smallest absolute Gasteiger partial charge is 0.194 e. The maximum Gasteiger partial charge on any atom is 0.194 e. The Kier molecular flexibility index (Phi) is 5.17. The summed E-state index contributed by atoms with van der Waals surface area (Å²) in [6.45, 7) is 4.26. The standard InChI is InChI=1S/C17H16Br2O/c1-3-11-5-6-13(9-12(11)4-2)17(20)15-10-14(18)7-8-16(15)19/h5-10H,3-4H2,1-2H3. The first-order valence-corrected chi connectivity index (χ1v) is 8.27. The van der Waals surface area contributed by atoms with Crippen LogP contribution in [0.3, 0.4) is 0 Å². The average Bonchev–Trinajstić information content (AvgIpc) is 2.48. The summed E-state index contributed by atoms with van der Waals surface area (Å²) in [6, 6.07) is 11.7. The van der Waals surface area contributed by atoms with E-state index in [2.05, 4.69) is 51.8 Å². The van der Waals surface area contributed by atoms with Crippen LogP contribution in [0, 0.1) is 0 Å². The molecule has 3 heteroatoms. The van der Waals surface area contributed by atoms with E-state index in [9.17, 15) is 4.79 Å². The Morgan fingerprint density at radius 2 is 1.65 bits per heavy atom. The van der Waals surface area contributed by atoms with Gasteiger partial charge >= 0.3 is 0 Å². The zero-order valence-electron chi connectivity index (χ0n) is 11.5. The molecule has 2 aromatic carbocycles. The van der Waals surface area contributed by atoms with Gasteiger partial charge in [-0.15, -0.1) is 0 Å². The van der Waals surface area contributed by atoms with E-state index in [1.54, 1.807) is 0 Å². The summed E-state index contributed by atoms with van der Waals surface area (Å²) in [6.07, 6.45) is 1.95. The average molecular weight is 396 g/mol. The molecule has 1 nitrogen and oxygen atoms in total. The molecule has 0 fully saturated rings. The molecule has 0 aromatic heterocycles. The number of ketones is 1. The quantitative estimate of drug-likeness (QED) is 0.618. The van der Waals surface area contributed by atoms with Crippen molar-refractivity contribution in [3.05, 3.63) is 67.6 Å². The molecule has 0 amide bonds. The number of hydrogen-bond acceptors (Lipinski definition) is 1. The first-order chi connectivity index (χ1) is 9.56. The SMILES string of the molecule is CCc1ccc(C(=O)c2cc(Br)ccc2Br)cc1CC. The number of halogens is 2. The van der Waals surface area contributed by atoms with E-state index in [0.717, 1.165) is 27.4 Å². The highest BCUT2D eigenvalue weighted by Gasteiger charge is 2.14. The van der Waals surface area contributed by atoms with Crippen LogP contribution in [0.2, 0.25) is 0 Å². The first-order valence-electron chi connectivity index (χ1n) is 6.68. The van der Waals surface area contributed by atoms with Gasteiger partial charge in [-0.2, -0.15) is 0 Å². The fraction of sp³-hybridized carbons (Fsp3) is 0.235. The van der Waals surface area contributed by atoms with Crippen molar-refractivity contribution < 1.29 is 4.79 Å². The van der Waals surface area contributed by atoms with Crippen molar-refractivity contribution in [2.24, 2.45) is 0 Å². The van der Waals surface area contributed by atoms with E-state index in [0.29, 0.717) is 5.56 Å². The van der Waals surface area contributed by atoms with Gasteiger partial charge in [0.05, 0.1) is 0 Å². The second-order valence-corrected chi connectivity index (χ2v) is 6.41. The highest BCUT2D eigenvalue weighted by atomic mass is 79.9. The highest BCUT2D eigenvalue weighted by Crippen LogP contribution is 2.25. The molecule has 0 saturated carbocycles. The Labute approximate surface area is 136 Å². The molecule has 104 valence electrons. The van der Waals surface area contributed by atoms with Crippen LogP contribution in [0.5, 0.6) is 0 Å². The molecule has 0 aliphatic heterocycles. The molecule has 0 saturated heterocycles. The van der Waals surface area contributed by atoms with Crippen LogP contribution in [0.1, 0.15) is 40.9 Å². The Hall–Kier alpha value is -0.930. The minimum atomic E-state index is 0.0514. The number of rotatable bonds is 4. The number of carbonyl (C=O) groups is 1. The Morgan fingerprint density at radius 3 is 2.30 bits per heavy atom. The van der Waals surface area contributed by atoms with E-state index < -0.39 is 0 Å². The second-order valence-electron chi connectivity index (χ2n) is 4.64. The van der Waals surface area contributed by atoms with Crippen LogP contribution in [0.4, 0.5) is 0 Å². The topological polar surface area (TPSA) is 17.1 Å². The fourth-order valence-electron chi connectivity index (χ4n) is 2.27. The van der Waals surface area contributed by atoms with Gasteiger partial charge in [-0.25, -0.2) is 0 Å². The van der Waals surface area contributed by atoms with E-state index in [-0.39, 0.29) is 5.78 Å². The normalized spacial score (nSPS) is 10.6. The molecule has 0 bridgehead atoms. The van der Waals surface area contributed by atoms with Crippen molar-refractivity contribution in [2.75, 3.05) is 0 Å². The largest absolute Gasteiger partial charge is 0.289 e. The third kappa shape index (κ3) is 3.21. The highest BCUT2D eigenvalue weighted by molar-refractivity contribution is 9.11. The first kappa shape index (κ1) is 15.5. The Balaban J connectivity index is 2.45. The van der Waals surface area contributed by atoms with Crippen molar-refractivity contribution in [1.29, 1.82) is 0 Å². The summed E-state index contributed by atoms with van der Waals surface area (Å²) in [5.74, 6) is 0.0514. The van der Waals surface area contributed by atoms with Gasteiger partial charge in [-0.05, 0) is 48.2 Å². The molecule has 20 heavy (non-hydrogen) atoms. The molecule has 0 radical (unpaired) electrons. The minimum absolute atomic E-state index is 0.0514. The van der Waals surface area contributed by atoms with Gasteiger partial charge in [-0.1, -0.05) is 57.8 Å². The van der Waals surface area contributed by atoms with Crippen molar-refractivity contribution in [3.8, 4) is 0 Å². The van der Waals surface area contributed by atoms with Crippen molar-refractivity contribution >= 4 is 37.6 Å².